The van der Waals surface area contributed by atoms with Gasteiger partial charge < -0.3 is 0 Å². The average molecular weight is 231 g/mol. The van der Waals surface area contributed by atoms with Crippen molar-refractivity contribution in [3.8, 4) is 6.07 Å². The molecule has 0 radical (unpaired) electrons. The van der Waals surface area contributed by atoms with E-state index < -0.39 is 0 Å². The highest BCUT2D eigenvalue weighted by Crippen LogP contribution is 2.32. The molecule has 2 fully saturated rings. The normalized spacial score (nSPS) is 39.1. The Balaban J connectivity index is 1.72. The molecule has 0 spiro atoms. The summed E-state index contributed by atoms with van der Waals surface area (Å²) in [6.07, 6.45) is 15.3. The maximum absolute atomic E-state index is 8.87. The molecule has 2 saturated carbocycles. The van der Waals surface area contributed by atoms with Crippen LogP contribution in [0.15, 0.2) is 12.2 Å². The van der Waals surface area contributed by atoms with Crippen LogP contribution in [-0.2, 0) is 0 Å². The van der Waals surface area contributed by atoms with Crippen molar-refractivity contribution >= 4 is 0 Å². The molecule has 2 aliphatic rings. The summed E-state index contributed by atoms with van der Waals surface area (Å²) in [6, 6.07) is 2.41. The first kappa shape index (κ1) is 12.7. The summed E-state index contributed by atoms with van der Waals surface area (Å²) in [4.78, 5) is 0. The standard InChI is InChI=1S/C16H25N/c1-13-2-4-14(5-3-13)6-7-15-8-10-16(12-17)11-9-15/h6-7,13-16H,2-5,8-11H2,1H3. The molecule has 0 N–H and O–H groups in total. The molecule has 1 nitrogen and oxygen atoms in total. The molecule has 0 aromatic carbocycles. The van der Waals surface area contributed by atoms with Crippen molar-refractivity contribution in [3.05, 3.63) is 12.2 Å². The number of nitrogens with zero attached hydrogens (tertiary/aromatic N) is 1. The van der Waals surface area contributed by atoms with Gasteiger partial charge in [0.15, 0.2) is 0 Å². The van der Waals surface area contributed by atoms with E-state index in [1.165, 1.54) is 38.5 Å². The van der Waals surface area contributed by atoms with E-state index in [1.54, 1.807) is 0 Å². The van der Waals surface area contributed by atoms with E-state index in [-0.39, 0.29) is 0 Å². The summed E-state index contributed by atoms with van der Waals surface area (Å²) >= 11 is 0. The monoisotopic (exact) mass is 231 g/mol. The van der Waals surface area contributed by atoms with Crippen molar-refractivity contribution in [2.24, 2.45) is 23.7 Å². The summed E-state index contributed by atoms with van der Waals surface area (Å²) in [5.41, 5.74) is 0. The Kier molecular flexibility index (Phi) is 4.66. The second-order valence-corrected chi connectivity index (χ2v) is 6.15. The largest absolute Gasteiger partial charge is 0.198 e. The quantitative estimate of drug-likeness (QED) is 0.632. The molecule has 0 heterocycles. The zero-order valence-corrected chi connectivity index (χ0v) is 11.1. The van der Waals surface area contributed by atoms with Gasteiger partial charge in [0.05, 0.1) is 6.07 Å². The minimum absolute atomic E-state index is 0.343. The Labute approximate surface area is 106 Å². The van der Waals surface area contributed by atoms with Crippen LogP contribution >= 0.6 is 0 Å². The fourth-order valence-corrected chi connectivity index (χ4v) is 3.23. The Bertz CT molecular complexity index is 283. The molecule has 94 valence electrons. The third-order valence-electron chi connectivity index (χ3n) is 4.67. The van der Waals surface area contributed by atoms with Crippen molar-refractivity contribution in [2.75, 3.05) is 0 Å². The molecule has 0 saturated heterocycles. The Morgan fingerprint density at radius 1 is 0.824 bits per heavy atom. The Morgan fingerprint density at radius 2 is 1.29 bits per heavy atom. The first-order valence-electron chi connectivity index (χ1n) is 7.36. The number of allylic oxidation sites excluding steroid dienone is 2. The van der Waals surface area contributed by atoms with Crippen molar-refractivity contribution < 1.29 is 0 Å². The second kappa shape index (κ2) is 6.24. The first-order chi connectivity index (χ1) is 8.28. The smallest absolute Gasteiger partial charge is 0.0655 e. The minimum Gasteiger partial charge on any atom is -0.198 e. The van der Waals surface area contributed by atoms with E-state index in [9.17, 15) is 0 Å². The van der Waals surface area contributed by atoms with Gasteiger partial charge in [-0.05, 0) is 56.3 Å². The Morgan fingerprint density at radius 3 is 1.76 bits per heavy atom. The van der Waals surface area contributed by atoms with Crippen LogP contribution in [0.25, 0.3) is 0 Å². The summed E-state index contributed by atoms with van der Waals surface area (Å²) in [5.74, 6) is 2.90. The molecule has 17 heavy (non-hydrogen) atoms. The van der Waals surface area contributed by atoms with Crippen LogP contribution in [0.2, 0.25) is 0 Å². The van der Waals surface area contributed by atoms with Crippen LogP contribution in [0.3, 0.4) is 0 Å². The lowest BCUT2D eigenvalue weighted by atomic mass is 9.80. The Hall–Kier alpha value is -0.770. The van der Waals surface area contributed by atoms with Gasteiger partial charge in [-0.2, -0.15) is 5.26 Å². The summed E-state index contributed by atoms with van der Waals surface area (Å²) < 4.78 is 0. The summed E-state index contributed by atoms with van der Waals surface area (Å²) in [7, 11) is 0. The molecule has 2 aliphatic carbocycles. The van der Waals surface area contributed by atoms with Gasteiger partial charge in [0.2, 0.25) is 0 Å². The second-order valence-electron chi connectivity index (χ2n) is 6.15. The molecule has 0 bridgehead atoms. The van der Waals surface area contributed by atoms with E-state index in [0.717, 1.165) is 30.6 Å². The van der Waals surface area contributed by atoms with Gasteiger partial charge in [0.1, 0.15) is 0 Å². The third kappa shape index (κ3) is 3.87. The van der Waals surface area contributed by atoms with Crippen LogP contribution in [0.1, 0.15) is 58.3 Å². The maximum atomic E-state index is 8.87. The summed E-state index contributed by atoms with van der Waals surface area (Å²) in [6.45, 7) is 2.38. The zero-order valence-electron chi connectivity index (χ0n) is 11.1. The molecular weight excluding hydrogens is 206 g/mol. The van der Waals surface area contributed by atoms with E-state index in [4.69, 9.17) is 5.26 Å². The zero-order chi connectivity index (χ0) is 12.1. The van der Waals surface area contributed by atoms with Crippen molar-refractivity contribution in [2.45, 2.75) is 58.3 Å². The topological polar surface area (TPSA) is 23.8 Å². The van der Waals surface area contributed by atoms with E-state index >= 15 is 0 Å². The van der Waals surface area contributed by atoms with E-state index in [1.807, 2.05) is 0 Å². The molecule has 0 unspecified atom stereocenters. The fourth-order valence-electron chi connectivity index (χ4n) is 3.23. The molecule has 0 amide bonds. The van der Waals surface area contributed by atoms with Gasteiger partial charge in [0.25, 0.3) is 0 Å². The highest BCUT2D eigenvalue weighted by Gasteiger charge is 2.20. The lowest BCUT2D eigenvalue weighted by molar-refractivity contribution is 0.325. The molecular formula is C16H25N. The lowest BCUT2D eigenvalue weighted by Crippen LogP contribution is -2.13. The van der Waals surface area contributed by atoms with Crippen LogP contribution < -0.4 is 0 Å². The van der Waals surface area contributed by atoms with Crippen LogP contribution in [0, 0.1) is 35.0 Å². The number of hydrogen-bond acceptors (Lipinski definition) is 1. The molecule has 0 aromatic rings. The number of nitriles is 1. The predicted molar refractivity (Wildman–Crippen MR) is 71.3 cm³/mol. The molecule has 0 aromatic heterocycles. The predicted octanol–water partition coefficient (Wildman–Crippen LogP) is 4.70. The van der Waals surface area contributed by atoms with Gasteiger partial charge in [-0.3, -0.25) is 0 Å². The van der Waals surface area contributed by atoms with Crippen molar-refractivity contribution in [1.82, 2.24) is 0 Å². The van der Waals surface area contributed by atoms with Crippen LogP contribution in [0.5, 0.6) is 0 Å². The van der Waals surface area contributed by atoms with Gasteiger partial charge in [-0.15, -0.1) is 0 Å². The maximum Gasteiger partial charge on any atom is 0.0655 e. The van der Waals surface area contributed by atoms with Crippen molar-refractivity contribution in [3.63, 3.8) is 0 Å². The first-order valence-corrected chi connectivity index (χ1v) is 7.36. The highest BCUT2D eigenvalue weighted by molar-refractivity contribution is 4.98. The minimum atomic E-state index is 0.343. The van der Waals surface area contributed by atoms with Crippen LogP contribution in [0.4, 0.5) is 0 Å². The molecule has 1 heteroatoms. The third-order valence-corrected chi connectivity index (χ3v) is 4.67. The highest BCUT2D eigenvalue weighted by atomic mass is 14.3. The van der Waals surface area contributed by atoms with Crippen molar-refractivity contribution in [1.29, 1.82) is 5.26 Å². The van der Waals surface area contributed by atoms with Gasteiger partial charge in [-0.25, -0.2) is 0 Å². The number of rotatable bonds is 2. The van der Waals surface area contributed by atoms with Crippen LogP contribution in [-0.4, -0.2) is 0 Å². The van der Waals surface area contributed by atoms with E-state index in [2.05, 4.69) is 25.1 Å². The van der Waals surface area contributed by atoms with E-state index in [0.29, 0.717) is 5.92 Å². The molecule has 2 rings (SSSR count). The van der Waals surface area contributed by atoms with Gasteiger partial charge in [-0.1, -0.05) is 31.9 Å². The molecule has 0 aliphatic heterocycles. The molecule has 0 atom stereocenters. The lowest BCUT2D eigenvalue weighted by Gasteiger charge is -2.25. The van der Waals surface area contributed by atoms with Gasteiger partial charge >= 0.3 is 0 Å². The average Bonchev–Trinajstić information content (AvgIpc) is 2.39. The van der Waals surface area contributed by atoms with Gasteiger partial charge in [0, 0.05) is 5.92 Å². The SMILES string of the molecule is CC1CCC(C=CC2CCC(C#N)CC2)CC1. The fraction of sp³-hybridized carbons (Fsp3) is 0.812. The number of hydrogen-bond donors (Lipinski definition) is 0. The summed E-state index contributed by atoms with van der Waals surface area (Å²) in [5, 5.41) is 8.87.